The van der Waals surface area contributed by atoms with E-state index in [1.165, 1.54) is 13.2 Å². The van der Waals surface area contributed by atoms with E-state index in [9.17, 15) is 4.79 Å². The summed E-state index contributed by atoms with van der Waals surface area (Å²) in [5, 5.41) is 10.7. The maximum atomic E-state index is 11.8. The highest BCUT2D eigenvalue weighted by Gasteiger charge is 2.40. The number of nitrogens with zero attached hydrogens (tertiary/aromatic N) is 2. The van der Waals surface area contributed by atoms with Crippen molar-refractivity contribution in [3.63, 3.8) is 0 Å². The molecule has 7 nitrogen and oxygen atoms in total. The van der Waals surface area contributed by atoms with Crippen molar-refractivity contribution in [1.82, 2.24) is 10.2 Å². The van der Waals surface area contributed by atoms with Crippen molar-refractivity contribution < 1.29 is 19.0 Å². The summed E-state index contributed by atoms with van der Waals surface area (Å²) in [6.45, 7) is 1.07. The number of esters is 1. The molecule has 1 saturated heterocycles. The predicted molar refractivity (Wildman–Crippen MR) is 87.6 cm³/mol. The molecule has 2 heterocycles. The molecule has 1 aliphatic heterocycles. The number of halogens is 1. The zero-order valence-electron chi connectivity index (χ0n) is 13.2. The van der Waals surface area contributed by atoms with Crippen LogP contribution < -0.4 is 5.32 Å². The van der Waals surface area contributed by atoms with Gasteiger partial charge in [0.25, 0.3) is 0 Å². The van der Waals surface area contributed by atoms with Gasteiger partial charge in [-0.05, 0) is 17.7 Å². The van der Waals surface area contributed by atoms with Gasteiger partial charge in [-0.15, -0.1) is 10.2 Å². The van der Waals surface area contributed by atoms with Gasteiger partial charge in [-0.2, -0.15) is 0 Å². The molecule has 0 atom stereocenters. The molecule has 8 heteroatoms. The van der Waals surface area contributed by atoms with E-state index in [4.69, 9.17) is 25.8 Å². The summed E-state index contributed by atoms with van der Waals surface area (Å²) >= 11 is 5.87. The number of rotatable bonds is 5. The van der Waals surface area contributed by atoms with Crippen LogP contribution in [0.25, 0.3) is 0 Å². The van der Waals surface area contributed by atoms with Crippen LogP contribution in [0.15, 0.2) is 30.3 Å². The van der Waals surface area contributed by atoms with E-state index in [0.717, 1.165) is 11.3 Å². The number of hydrogen-bond donors (Lipinski definition) is 1. The Balaban J connectivity index is 1.84. The van der Waals surface area contributed by atoms with Gasteiger partial charge < -0.3 is 19.5 Å². The van der Waals surface area contributed by atoms with Gasteiger partial charge in [-0.1, -0.05) is 23.7 Å². The molecule has 1 aromatic carbocycles. The Bertz CT molecular complexity index is 742. The number of anilines is 2. The topological polar surface area (TPSA) is 82.6 Å². The SMILES string of the molecule is COC(=O)c1nnc(Cl)cc1Nc1ccc(C2(OC)COC2)cc1. The molecule has 2 aromatic rings. The minimum Gasteiger partial charge on any atom is -0.464 e. The molecule has 1 aromatic heterocycles. The van der Waals surface area contributed by atoms with Gasteiger partial charge >= 0.3 is 5.97 Å². The Morgan fingerprint density at radius 3 is 2.50 bits per heavy atom. The molecular formula is C16H16ClN3O4. The number of benzene rings is 1. The molecule has 1 N–H and O–H groups in total. The van der Waals surface area contributed by atoms with E-state index in [1.807, 2.05) is 24.3 Å². The molecule has 1 fully saturated rings. The van der Waals surface area contributed by atoms with Crippen molar-refractivity contribution in [2.75, 3.05) is 32.8 Å². The summed E-state index contributed by atoms with van der Waals surface area (Å²) in [6, 6.07) is 9.17. The van der Waals surface area contributed by atoms with Gasteiger partial charge in [0.05, 0.1) is 26.0 Å². The van der Waals surface area contributed by atoms with Crippen LogP contribution in [0.3, 0.4) is 0 Å². The number of carbonyl (C=O) groups is 1. The van der Waals surface area contributed by atoms with E-state index in [-0.39, 0.29) is 16.4 Å². The highest BCUT2D eigenvalue weighted by molar-refractivity contribution is 6.29. The fraction of sp³-hybridized carbons (Fsp3) is 0.312. The maximum absolute atomic E-state index is 11.8. The summed E-state index contributed by atoms with van der Waals surface area (Å²) in [6.07, 6.45) is 0. The Morgan fingerprint density at radius 1 is 1.25 bits per heavy atom. The first-order chi connectivity index (χ1) is 11.6. The molecule has 0 spiro atoms. The molecule has 0 bridgehead atoms. The summed E-state index contributed by atoms with van der Waals surface area (Å²) in [5.74, 6) is -0.594. The van der Waals surface area contributed by atoms with Crippen molar-refractivity contribution in [3.05, 3.63) is 46.7 Å². The molecule has 0 unspecified atom stereocenters. The Morgan fingerprint density at radius 2 is 1.96 bits per heavy atom. The van der Waals surface area contributed by atoms with E-state index >= 15 is 0 Å². The lowest BCUT2D eigenvalue weighted by Gasteiger charge is -2.40. The van der Waals surface area contributed by atoms with Gasteiger partial charge in [0, 0.05) is 18.9 Å². The third-order valence-electron chi connectivity index (χ3n) is 3.89. The van der Waals surface area contributed by atoms with Crippen molar-refractivity contribution >= 4 is 28.9 Å². The maximum Gasteiger partial charge on any atom is 0.360 e. The van der Waals surface area contributed by atoms with Gasteiger partial charge in [0.2, 0.25) is 0 Å². The molecule has 126 valence electrons. The van der Waals surface area contributed by atoms with Crippen molar-refractivity contribution in [3.8, 4) is 0 Å². The number of methoxy groups -OCH3 is 2. The standard InChI is InChI=1S/C16H16ClN3O4/c1-22-15(21)14-12(7-13(17)19-20-14)18-11-5-3-10(4-6-11)16(23-2)8-24-9-16/h3-7H,8-9H2,1-2H3,(H,18,19). The zero-order chi connectivity index (χ0) is 17.2. The van der Waals surface area contributed by atoms with E-state index in [0.29, 0.717) is 18.9 Å². The van der Waals surface area contributed by atoms with Crippen LogP contribution in [-0.2, 0) is 19.8 Å². The number of carbonyl (C=O) groups excluding carboxylic acids is 1. The van der Waals surface area contributed by atoms with Crippen LogP contribution in [0.2, 0.25) is 5.15 Å². The monoisotopic (exact) mass is 349 g/mol. The third kappa shape index (κ3) is 3.06. The lowest BCUT2D eigenvalue weighted by Crippen LogP contribution is -2.48. The van der Waals surface area contributed by atoms with Crippen LogP contribution in [0, 0.1) is 0 Å². The van der Waals surface area contributed by atoms with Crippen LogP contribution in [0.5, 0.6) is 0 Å². The average Bonchev–Trinajstić information content (AvgIpc) is 2.55. The van der Waals surface area contributed by atoms with Crippen molar-refractivity contribution in [2.24, 2.45) is 0 Å². The first kappa shape index (κ1) is 16.6. The molecule has 24 heavy (non-hydrogen) atoms. The molecular weight excluding hydrogens is 334 g/mol. The van der Waals surface area contributed by atoms with Crippen LogP contribution >= 0.6 is 11.6 Å². The predicted octanol–water partition coefficient (Wildman–Crippen LogP) is 2.53. The largest absolute Gasteiger partial charge is 0.464 e. The number of ether oxygens (including phenoxy) is 3. The van der Waals surface area contributed by atoms with Gasteiger partial charge in [0.15, 0.2) is 10.8 Å². The zero-order valence-corrected chi connectivity index (χ0v) is 14.0. The second-order valence-electron chi connectivity index (χ2n) is 5.31. The Kier molecular flexibility index (Phi) is 4.66. The van der Waals surface area contributed by atoms with Crippen molar-refractivity contribution in [1.29, 1.82) is 0 Å². The summed E-state index contributed by atoms with van der Waals surface area (Å²) < 4.78 is 15.5. The van der Waals surface area contributed by atoms with E-state index in [2.05, 4.69) is 15.5 Å². The molecule has 0 radical (unpaired) electrons. The van der Waals surface area contributed by atoms with Crippen LogP contribution in [0.4, 0.5) is 11.4 Å². The number of hydrogen-bond acceptors (Lipinski definition) is 7. The van der Waals surface area contributed by atoms with Gasteiger partial charge in [0.1, 0.15) is 5.60 Å². The number of aromatic nitrogens is 2. The highest BCUT2D eigenvalue weighted by atomic mass is 35.5. The fourth-order valence-electron chi connectivity index (χ4n) is 2.41. The average molecular weight is 350 g/mol. The molecule has 0 saturated carbocycles. The molecule has 0 amide bonds. The van der Waals surface area contributed by atoms with Gasteiger partial charge in [-0.3, -0.25) is 0 Å². The van der Waals surface area contributed by atoms with E-state index < -0.39 is 5.97 Å². The van der Waals surface area contributed by atoms with Gasteiger partial charge in [-0.25, -0.2) is 4.79 Å². The fourth-order valence-corrected chi connectivity index (χ4v) is 2.56. The minimum absolute atomic E-state index is 0.0618. The summed E-state index contributed by atoms with van der Waals surface area (Å²) in [5.41, 5.74) is 1.90. The number of nitrogens with one attached hydrogen (secondary N) is 1. The summed E-state index contributed by atoms with van der Waals surface area (Å²) in [4.78, 5) is 11.8. The quantitative estimate of drug-likeness (QED) is 0.830. The Labute approximate surface area is 143 Å². The first-order valence-corrected chi connectivity index (χ1v) is 7.58. The lowest BCUT2D eigenvalue weighted by atomic mass is 9.91. The lowest BCUT2D eigenvalue weighted by molar-refractivity contribution is -0.202. The second-order valence-corrected chi connectivity index (χ2v) is 5.70. The van der Waals surface area contributed by atoms with Crippen LogP contribution in [-0.4, -0.2) is 43.6 Å². The molecule has 0 aliphatic carbocycles. The second kappa shape index (κ2) is 6.72. The third-order valence-corrected chi connectivity index (χ3v) is 4.08. The van der Waals surface area contributed by atoms with Crippen molar-refractivity contribution in [2.45, 2.75) is 5.60 Å². The Hall–Kier alpha value is -2.22. The minimum atomic E-state index is -0.594. The van der Waals surface area contributed by atoms with E-state index in [1.54, 1.807) is 7.11 Å². The first-order valence-electron chi connectivity index (χ1n) is 7.20. The molecule has 1 aliphatic rings. The summed E-state index contributed by atoms with van der Waals surface area (Å²) in [7, 11) is 2.95. The molecule has 3 rings (SSSR count). The smallest absolute Gasteiger partial charge is 0.360 e. The van der Waals surface area contributed by atoms with Crippen LogP contribution in [0.1, 0.15) is 16.1 Å². The highest BCUT2D eigenvalue weighted by Crippen LogP contribution is 2.34. The normalized spacial score (nSPS) is 15.5.